The zero-order valence-electron chi connectivity index (χ0n) is 14.6. The first-order chi connectivity index (χ1) is 12.4. The molecule has 0 saturated heterocycles. The lowest BCUT2D eigenvalue weighted by Gasteiger charge is -2.08. The minimum absolute atomic E-state index is 0.0364. The van der Waals surface area contributed by atoms with Gasteiger partial charge in [0.15, 0.2) is 9.84 Å². The fraction of sp³-hybridized carbons (Fsp3) is 0.211. The highest BCUT2D eigenvalue weighted by molar-refractivity contribution is 7.91. The first-order valence-electron chi connectivity index (χ1n) is 8.12. The highest BCUT2D eigenvalue weighted by Gasteiger charge is 2.17. The first kappa shape index (κ1) is 18.0. The van der Waals surface area contributed by atoms with E-state index in [-0.39, 0.29) is 23.1 Å². The summed E-state index contributed by atoms with van der Waals surface area (Å²) in [7, 11) is -0.144. The Morgan fingerprint density at radius 1 is 1.12 bits per heavy atom. The van der Waals surface area contributed by atoms with Gasteiger partial charge < -0.3 is 14.6 Å². The summed E-state index contributed by atoms with van der Waals surface area (Å²) >= 11 is 0. The van der Waals surface area contributed by atoms with Crippen LogP contribution in [0.1, 0.15) is 10.5 Å². The molecule has 0 aliphatic carbocycles. The van der Waals surface area contributed by atoms with Crippen LogP contribution < -0.4 is 10.1 Å². The van der Waals surface area contributed by atoms with Gasteiger partial charge in [-0.2, -0.15) is 0 Å². The summed E-state index contributed by atoms with van der Waals surface area (Å²) in [5, 5.41) is 3.65. The van der Waals surface area contributed by atoms with Crippen LogP contribution in [-0.2, 0) is 16.9 Å². The van der Waals surface area contributed by atoms with Gasteiger partial charge in [-0.05, 0) is 36.4 Å². The summed E-state index contributed by atoms with van der Waals surface area (Å²) in [6.07, 6.45) is 0. The quantitative estimate of drug-likeness (QED) is 0.721. The molecule has 136 valence electrons. The highest BCUT2D eigenvalue weighted by Crippen LogP contribution is 2.18. The van der Waals surface area contributed by atoms with E-state index in [9.17, 15) is 13.2 Å². The standard InChI is InChI=1S/C19H20N2O4S/c1-21-17-6-4-3-5-14(17)13-18(21)19(22)20-11-12-26(23,24)16-9-7-15(25-2)8-10-16/h3-10,13H,11-12H2,1-2H3,(H,20,22). The number of fused-ring (bicyclic) bond motifs is 1. The van der Waals surface area contributed by atoms with Gasteiger partial charge in [-0.25, -0.2) is 8.42 Å². The lowest BCUT2D eigenvalue weighted by molar-refractivity contribution is 0.0948. The van der Waals surface area contributed by atoms with Crippen molar-refractivity contribution in [3.63, 3.8) is 0 Å². The average molecular weight is 372 g/mol. The molecule has 0 spiro atoms. The molecule has 1 amide bonds. The SMILES string of the molecule is COc1ccc(S(=O)(=O)CCNC(=O)c2cc3ccccc3n2C)cc1. The molecule has 3 rings (SSSR count). The van der Waals surface area contributed by atoms with E-state index in [1.165, 1.54) is 19.2 Å². The molecule has 0 unspecified atom stereocenters. The van der Waals surface area contributed by atoms with Gasteiger partial charge >= 0.3 is 0 Å². The molecule has 0 radical (unpaired) electrons. The number of sulfone groups is 1. The third-order valence-corrected chi connectivity index (χ3v) is 5.99. The van der Waals surface area contributed by atoms with Gasteiger partial charge in [0.2, 0.25) is 0 Å². The maximum Gasteiger partial charge on any atom is 0.267 e. The van der Waals surface area contributed by atoms with Gasteiger partial charge in [-0.3, -0.25) is 4.79 Å². The number of nitrogens with zero attached hydrogens (tertiary/aromatic N) is 1. The van der Waals surface area contributed by atoms with Crippen LogP contribution in [0.5, 0.6) is 5.75 Å². The second kappa shape index (κ2) is 7.21. The second-order valence-corrected chi connectivity index (χ2v) is 8.01. The van der Waals surface area contributed by atoms with E-state index in [0.29, 0.717) is 11.4 Å². The monoisotopic (exact) mass is 372 g/mol. The number of nitrogens with one attached hydrogen (secondary N) is 1. The predicted octanol–water partition coefficient (Wildman–Crippen LogP) is 2.39. The Labute approximate surface area is 152 Å². The van der Waals surface area contributed by atoms with Crippen molar-refractivity contribution in [3.05, 3.63) is 60.3 Å². The molecular weight excluding hydrogens is 352 g/mol. The van der Waals surface area contributed by atoms with Crippen molar-refractivity contribution in [2.24, 2.45) is 7.05 Å². The molecule has 1 heterocycles. The molecule has 0 bridgehead atoms. The molecule has 0 aliphatic heterocycles. The summed E-state index contributed by atoms with van der Waals surface area (Å²) in [5.41, 5.74) is 1.44. The number of rotatable bonds is 6. The Morgan fingerprint density at radius 2 is 1.81 bits per heavy atom. The van der Waals surface area contributed by atoms with E-state index in [1.54, 1.807) is 22.8 Å². The normalized spacial score (nSPS) is 11.5. The largest absolute Gasteiger partial charge is 0.497 e. The number of ether oxygens (including phenoxy) is 1. The Balaban J connectivity index is 1.66. The number of methoxy groups -OCH3 is 1. The second-order valence-electron chi connectivity index (χ2n) is 5.90. The summed E-state index contributed by atoms with van der Waals surface area (Å²) in [5.74, 6) is 0.122. The minimum atomic E-state index is -3.47. The van der Waals surface area contributed by atoms with Crippen LogP contribution in [0.2, 0.25) is 0 Å². The average Bonchev–Trinajstić information content (AvgIpc) is 2.99. The molecule has 1 N–H and O–H groups in total. The molecule has 2 aromatic carbocycles. The Hall–Kier alpha value is -2.80. The van der Waals surface area contributed by atoms with E-state index in [0.717, 1.165) is 10.9 Å². The van der Waals surface area contributed by atoms with Gasteiger partial charge in [-0.15, -0.1) is 0 Å². The van der Waals surface area contributed by atoms with Crippen LogP contribution in [0.25, 0.3) is 10.9 Å². The van der Waals surface area contributed by atoms with E-state index in [4.69, 9.17) is 4.74 Å². The molecule has 0 aliphatic rings. The third kappa shape index (κ3) is 3.57. The fourth-order valence-corrected chi connectivity index (χ4v) is 3.95. The van der Waals surface area contributed by atoms with Crippen LogP contribution in [0.3, 0.4) is 0 Å². The van der Waals surface area contributed by atoms with Crippen LogP contribution in [0.4, 0.5) is 0 Å². The van der Waals surface area contributed by atoms with E-state index in [2.05, 4.69) is 5.32 Å². The summed E-state index contributed by atoms with van der Waals surface area (Å²) < 4.78 is 31.5. The first-order valence-corrected chi connectivity index (χ1v) is 9.77. The third-order valence-electron chi connectivity index (χ3n) is 4.26. The van der Waals surface area contributed by atoms with Gasteiger partial charge in [0.05, 0.1) is 17.8 Å². The van der Waals surface area contributed by atoms with Crippen molar-refractivity contribution >= 4 is 26.6 Å². The number of aryl methyl sites for hydroxylation is 1. The number of benzene rings is 2. The summed E-state index contributed by atoms with van der Waals surface area (Å²) in [6.45, 7) is 0.0364. The smallest absolute Gasteiger partial charge is 0.267 e. The molecule has 0 atom stereocenters. The Bertz CT molecular complexity index is 1040. The molecule has 3 aromatic rings. The maximum atomic E-state index is 12.4. The number of carbonyl (C=O) groups is 1. The highest BCUT2D eigenvalue weighted by atomic mass is 32.2. The van der Waals surface area contributed by atoms with Gasteiger partial charge in [0.1, 0.15) is 11.4 Å². The van der Waals surface area contributed by atoms with Crippen molar-refractivity contribution in [1.29, 1.82) is 0 Å². The topological polar surface area (TPSA) is 77.4 Å². The molecule has 26 heavy (non-hydrogen) atoms. The zero-order chi connectivity index (χ0) is 18.7. The van der Waals surface area contributed by atoms with Gasteiger partial charge in [0.25, 0.3) is 5.91 Å². The number of para-hydroxylation sites is 1. The molecular formula is C19H20N2O4S. The van der Waals surface area contributed by atoms with Crippen LogP contribution in [0.15, 0.2) is 59.5 Å². The number of aromatic nitrogens is 1. The zero-order valence-corrected chi connectivity index (χ0v) is 15.4. The number of carbonyl (C=O) groups excluding carboxylic acids is 1. The van der Waals surface area contributed by atoms with Crippen LogP contribution in [-0.4, -0.2) is 38.3 Å². The van der Waals surface area contributed by atoms with Crippen molar-refractivity contribution < 1.29 is 17.9 Å². The number of hydrogen-bond acceptors (Lipinski definition) is 4. The fourth-order valence-electron chi connectivity index (χ4n) is 2.80. The number of hydrogen-bond donors (Lipinski definition) is 1. The Morgan fingerprint density at radius 3 is 2.46 bits per heavy atom. The predicted molar refractivity (Wildman–Crippen MR) is 100 cm³/mol. The molecule has 0 fully saturated rings. The number of amides is 1. The molecule has 6 nitrogen and oxygen atoms in total. The summed E-state index contributed by atoms with van der Waals surface area (Å²) in [4.78, 5) is 12.6. The van der Waals surface area contributed by atoms with Crippen molar-refractivity contribution in [2.45, 2.75) is 4.90 Å². The van der Waals surface area contributed by atoms with Crippen LogP contribution in [0, 0.1) is 0 Å². The van der Waals surface area contributed by atoms with E-state index in [1.807, 2.05) is 31.3 Å². The van der Waals surface area contributed by atoms with E-state index < -0.39 is 9.84 Å². The lowest BCUT2D eigenvalue weighted by Crippen LogP contribution is -2.30. The van der Waals surface area contributed by atoms with E-state index >= 15 is 0 Å². The van der Waals surface area contributed by atoms with Gasteiger partial charge in [-0.1, -0.05) is 18.2 Å². The van der Waals surface area contributed by atoms with Crippen LogP contribution >= 0.6 is 0 Å². The molecule has 7 heteroatoms. The molecule has 1 aromatic heterocycles. The maximum absolute atomic E-state index is 12.4. The van der Waals surface area contributed by atoms with Gasteiger partial charge in [0, 0.05) is 24.5 Å². The van der Waals surface area contributed by atoms with Crippen molar-refractivity contribution in [1.82, 2.24) is 9.88 Å². The minimum Gasteiger partial charge on any atom is -0.497 e. The lowest BCUT2D eigenvalue weighted by atomic mass is 10.2. The Kier molecular flexibility index (Phi) is 4.99. The van der Waals surface area contributed by atoms with Crippen molar-refractivity contribution in [3.8, 4) is 5.75 Å². The van der Waals surface area contributed by atoms with Crippen molar-refractivity contribution in [2.75, 3.05) is 19.4 Å². The molecule has 0 saturated carbocycles. The summed E-state index contributed by atoms with van der Waals surface area (Å²) in [6, 6.07) is 15.7.